The van der Waals surface area contributed by atoms with Crippen LogP contribution < -0.4 is 10.6 Å². The van der Waals surface area contributed by atoms with Gasteiger partial charge >= 0.3 is 0 Å². The monoisotopic (exact) mass is 248 g/mol. The lowest BCUT2D eigenvalue weighted by Gasteiger charge is -2.06. The highest BCUT2D eigenvalue weighted by molar-refractivity contribution is 7.09. The molecule has 0 fully saturated rings. The zero-order valence-corrected chi connectivity index (χ0v) is 10.6. The minimum atomic E-state index is 0.683. The number of nitrogens with zero attached hydrogens (tertiary/aromatic N) is 2. The average Bonchev–Trinajstić information content (AvgIpc) is 2.87. The van der Waals surface area contributed by atoms with Crippen LogP contribution in [0.5, 0.6) is 0 Å². The molecule has 0 aliphatic rings. The molecule has 0 aromatic carbocycles. The minimum Gasteiger partial charge on any atom is -0.365 e. The highest BCUT2D eigenvalue weighted by Crippen LogP contribution is 2.12. The molecule has 90 valence electrons. The Morgan fingerprint density at radius 3 is 3.00 bits per heavy atom. The van der Waals surface area contributed by atoms with Crippen LogP contribution in [-0.4, -0.2) is 16.5 Å². The molecule has 0 saturated carbocycles. The van der Waals surface area contributed by atoms with Gasteiger partial charge in [-0.1, -0.05) is 13.0 Å². The van der Waals surface area contributed by atoms with Gasteiger partial charge in [-0.05, 0) is 23.9 Å². The molecule has 0 aliphatic heterocycles. The molecule has 17 heavy (non-hydrogen) atoms. The van der Waals surface area contributed by atoms with Gasteiger partial charge in [-0.3, -0.25) is 0 Å². The molecule has 0 unspecified atom stereocenters. The number of thiophene rings is 1. The SMILES string of the molecule is CCCNc1nccc(NCc2cccs2)n1. The Bertz CT molecular complexity index is 442. The van der Waals surface area contributed by atoms with Crippen LogP contribution in [0.3, 0.4) is 0 Å². The zero-order chi connectivity index (χ0) is 11.9. The van der Waals surface area contributed by atoms with E-state index >= 15 is 0 Å². The van der Waals surface area contributed by atoms with Crippen molar-refractivity contribution in [2.24, 2.45) is 0 Å². The Kier molecular flexibility index (Phi) is 4.32. The molecule has 4 nitrogen and oxygen atoms in total. The van der Waals surface area contributed by atoms with E-state index in [9.17, 15) is 0 Å². The standard InChI is InChI=1S/C12H16N4S/c1-2-6-13-12-14-7-5-11(16-12)15-9-10-4-3-8-17-10/h3-5,7-8H,2,6,9H2,1H3,(H2,13,14,15,16). The van der Waals surface area contributed by atoms with Crippen LogP contribution >= 0.6 is 11.3 Å². The summed E-state index contributed by atoms with van der Waals surface area (Å²) in [6.45, 7) is 3.82. The molecule has 2 aromatic heterocycles. The zero-order valence-electron chi connectivity index (χ0n) is 9.81. The Morgan fingerprint density at radius 1 is 1.29 bits per heavy atom. The van der Waals surface area contributed by atoms with E-state index in [4.69, 9.17) is 0 Å². The fourth-order valence-corrected chi connectivity index (χ4v) is 2.01. The van der Waals surface area contributed by atoms with E-state index in [0.717, 1.165) is 25.3 Å². The maximum atomic E-state index is 4.38. The van der Waals surface area contributed by atoms with Crippen molar-refractivity contribution in [3.63, 3.8) is 0 Å². The van der Waals surface area contributed by atoms with Crippen molar-refractivity contribution < 1.29 is 0 Å². The van der Waals surface area contributed by atoms with E-state index in [2.05, 4.69) is 45.0 Å². The van der Waals surface area contributed by atoms with Gasteiger partial charge < -0.3 is 10.6 Å². The third kappa shape index (κ3) is 3.71. The summed E-state index contributed by atoms with van der Waals surface area (Å²) < 4.78 is 0. The molecule has 2 heterocycles. The van der Waals surface area contributed by atoms with Crippen LogP contribution in [0.4, 0.5) is 11.8 Å². The maximum Gasteiger partial charge on any atom is 0.224 e. The summed E-state index contributed by atoms with van der Waals surface area (Å²) in [5.74, 6) is 1.54. The van der Waals surface area contributed by atoms with Crippen molar-refractivity contribution in [2.45, 2.75) is 19.9 Å². The first-order chi connectivity index (χ1) is 8.38. The third-order valence-corrected chi connectivity index (χ3v) is 3.09. The molecule has 0 amide bonds. The van der Waals surface area contributed by atoms with Gasteiger partial charge in [0.05, 0.1) is 6.54 Å². The largest absolute Gasteiger partial charge is 0.365 e. The predicted molar refractivity (Wildman–Crippen MR) is 72.5 cm³/mol. The molecule has 2 rings (SSSR count). The van der Waals surface area contributed by atoms with Crippen LogP contribution in [0.25, 0.3) is 0 Å². The van der Waals surface area contributed by atoms with Crippen molar-refractivity contribution in [1.82, 2.24) is 9.97 Å². The first kappa shape index (κ1) is 11.9. The van der Waals surface area contributed by atoms with Crippen molar-refractivity contribution in [3.8, 4) is 0 Å². The highest BCUT2D eigenvalue weighted by atomic mass is 32.1. The van der Waals surface area contributed by atoms with Gasteiger partial charge in [-0.2, -0.15) is 4.98 Å². The lowest BCUT2D eigenvalue weighted by molar-refractivity contribution is 0.950. The second-order valence-electron chi connectivity index (χ2n) is 3.63. The molecular formula is C12H16N4S. The molecule has 0 atom stereocenters. The summed E-state index contributed by atoms with van der Waals surface area (Å²) in [7, 11) is 0. The van der Waals surface area contributed by atoms with Crippen molar-refractivity contribution >= 4 is 23.1 Å². The normalized spacial score (nSPS) is 10.2. The van der Waals surface area contributed by atoms with Gasteiger partial charge in [0.1, 0.15) is 5.82 Å². The smallest absolute Gasteiger partial charge is 0.224 e. The Hall–Kier alpha value is -1.62. The van der Waals surface area contributed by atoms with E-state index < -0.39 is 0 Å². The van der Waals surface area contributed by atoms with Gasteiger partial charge in [0.2, 0.25) is 5.95 Å². The lowest BCUT2D eigenvalue weighted by atomic mass is 10.4. The molecule has 2 N–H and O–H groups in total. The molecule has 2 aromatic rings. The Balaban J connectivity index is 1.91. The quantitative estimate of drug-likeness (QED) is 0.825. The van der Waals surface area contributed by atoms with Crippen molar-refractivity contribution in [3.05, 3.63) is 34.7 Å². The number of nitrogens with one attached hydrogen (secondary N) is 2. The first-order valence-electron chi connectivity index (χ1n) is 5.71. The van der Waals surface area contributed by atoms with Crippen LogP contribution in [0.2, 0.25) is 0 Å². The van der Waals surface area contributed by atoms with Gasteiger partial charge in [-0.15, -0.1) is 11.3 Å². The fourth-order valence-electron chi connectivity index (χ4n) is 1.37. The molecule has 0 saturated heterocycles. The van der Waals surface area contributed by atoms with Crippen LogP contribution in [0, 0.1) is 0 Å². The van der Waals surface area contributed by atoms with Gasteiger partial charge in [0.15, 0.2) is 0 Å². The third-order valence-electron chi connectivity index (χ3n) is 2.21. The minimum absolute atomic E-state index is 0.683. The number of rotatable bonds is 6. The first-order valence-corrected chi connectivity index (χ1v) is 6.59. The molecule has 0 aliphatic carbocycles. The second kappa shape index (κ2) is 6.20. The molecule has 0 spiro atoms. The van der Waals surface area contributed by atoms with Crippen LogP contribution in [0.15, 0.2) is 29.8 Å². The maximum absolute atomic E-state index is 4.38. The fraction of sp³-hybridized carbons (Fsp3) is 0.333. The van der Waals surface area contributed by atoms with Gasteiger partial charge in [0, 0.05) is 17.6 Å². The van der Waals surface area contributed by atoms with E-state index in [-0.39, 0.29) is 0 Å². The van der Waals surface area contributed by atoms with E-state index in [1.807, 2.05) is 6.07 Å². The van der Waals surface area contributed by atoms with Crippen LogP contribution in [0.1, 0.15) is 18.2 Å². The second-order valence-corrected chi connectivity index (χ2v) is 4.66. The van der Waals surface area contributed by atoms with E-state index in [1.54, 1.807) is 17.5 Å². The lowest BCUT2D eigenvalue weighted by Crippen LogP contribution is -2.06. The molecular weight excluding hydrogens is 232 g/mol. The number of anilines is 2. The molecule has 0 bridgehead atoms. The summed E-state index contributed by atoms with van der Waals surface area (Å²) in [5, 5.41) is 8.53. The highest BCUT2D eigenvalue weighted by Gasteiger charge is 1.98. The van der Waals surface area contributed by atoms with Crippen molar-refractivity contribution in [2.75, 3.05) is 17.2 Å². The average molecular weight is 248 g/mol. The predicted octanol–water partition coefficient (Wildman–Crippen LogP) is 2.97. The van der Waals surface area contributed by atoms with Gasteiger partial charge in [-0.25, -0.2) is 4.98 Å². The van der Waals surface area contributed by atoms with Crippen molar-refractivity contribution in [1.29, 1.82) is 0 Å². The van der Waals surface area contributed by atoms with Gasteiger partial charge in [0.25, 0.3) is 0 Å². The summed E-state index contributed by atoms with van der Waals surface area (Å²) >= 11 is 1.74. The summed E-state index contributed by atoms with van der Waals surface area (Å²) in [6.07, 6.45) is 2.83. The number of hydrogen-bond donors (Lipinski definition) is 2. The van der Waals surface area contributed by atoms with E-state index in [0.29, 0.717) is 5.95 Å². The van der Waals surface area contributed by atoms with E-state index in [1.165, 1.54) is 4.88 Å². The molecule has 0 radical (unpaired) electrons. The topological polar surface area (TPSA) is 49.8 Å². The summed E-state index contributed by atoms with van der Waals surface area (Å²) in [4.78, 5) is 9.84. The molecule has 5 heteroatoms. The van der Waals surface area contributed by atoms with Crippen LogP contribution in [-0.2, 0) is 6.54 Å². The number of hydrogen-bond acceptors (Lipinski definition) is 5. The Morgan fingerprint density at radius 2 is 2.24 bits per heavy atom. The summed E-state index contributed by atoms with van der Waals surface area (Å²) in [6, 6.07) is 6.04. The summed E-state index contributed by atoms with van der Waals surface area (Å²) in [5.41, 5.74) is 0. The number of aromatic nitrogens is 2. The Labute approximate surface area is 105 Å².